The highest BCUT2D eigenvalue weighted by Crippen LogP contribution is 2.30. The van der Waals surface area contributed by atoms with Gasteiger partial charge in [-0.3, -0.25) is 4.79 Å². The van der Waals surface area contributed by atoms with Gasteiger partial charge in [-0.2, -0.15) is 0 Å². The van der Waals surface area contributed by atoms with Crippen molar-refractivity contribution in [2.45, 2.75) is 38.6 Å². The van der Waals surface area contributed by atoms with Gasteiger partial charge < -0.3 is 15.8 Å². The molecule has 2 rings (SSSR count). The topological polar surface area (TPSA) is 64.3 Å². The van der Waals surface area contributed by atoms with E-state index >= 15 is 0 Å². The molecule has 20 heavy (non-hydrogen) atoms. The molecule has 0 bridgehead atoms. The molecule has 0 aromatic heterocycles. The van der Waals surface area contributed by atoms with Gasteiger partial charge in [-0.05, 0) is 44.4 Å². The fourth-order valence-corrected chi connectivity index (χ4v) is 2.94. The highest BCUT2D eigenvalue weighted by atomic mass is 79.9. The summed E-state index contributed by atoms with van der Waals surface area (Å²) in [7, 11) is 0. The van der Waals surface area contributed by atoms with Gasteiger partial charge in [0.2, 0.25) is 5.91 Å². The standard InChI is InChI=1S/C15H21BrN2O2/c1-2-20-14-7-6-11(16)9-13(14)18-15(19)10-4-3-5-12(17)8-10/h6-7,9-10,12H,2-5,8,17H2,1H3,(H,18,19). The monoisotopic (exact) mass is 340 g/mol. The third kappa shape index (κ3) is 3.96. The quantitative estimate of drug-likeness (QED) is 0.883. The Morgan fingerprint density at radius 1 is 1.50 bits per heavy atom. The SMILES string of the molecule is CCOc1ccc(Br)cc1NC(=O)C1CCCC(N)C1. The summed E-state index contributed by atoms with van der Waals surface area (Å²) < 4.78 is 6.45. The normalized spacial score (nSPS) is 22.4. The van der Waals surface area contributed by atoms with Crippen molar-refractivity contribution >= 4 is 27.5 Å². The third-order valence-corrected chi connectivity index (χ3v) is 4.08. The van der Waals surface area contributed by atoms with Gasteiger partial charge in [-0.1, -0.05) is 22.4 Å². The number of anilines is 1. The molecule has 0 spiro atoms. The van der Waals surface area contributed by atoms with Crippen LogP contribution in [-0.4, -0.2) is 18.6 Å². The number of nitrogens with one attached hydrogen (secondary N) is 1. The van der Waals surface area contributed by atoms with Crippen LogP contribution in [0.15, 0.2) is 22.7 Å². The van der Waals surface area contributed by atoms with Crippen LogP contribution in [0.4, 0.5) is 5.69 Å². The summed E-state index contributed by atoms with van der Waals surface area (Å²) in [6.45, 7) is 2.49. The van der Waals surface area contributed by atoms with E-state index in [-0.39, 0.29) is 17.9 Å². The zero-order valence-corrected chi connectivity index (χ0v) is 13.3. The maximum atomic E-state index is 12.3. The van der Waals surface area contributed by atoms with Crippen molar-refractivity contribution in [2.75, 3.05) is 11.9 Å². The second kappa shape index (κ2) is 7.09. The smallest absolute Gasteiger partial charge is 0.227 e. The number of amides is 1. The summed E-state index contributed by atoms with van der Waals surface area (Å²) >= 11 is 3.42. The molecule has 1 aliphatic carbocycles. The maximum absolute atomic E-state index is 12.3. The molecular formula is C15H21BrN2O2. The van der Waals surface area contributed by atoms with Crippen LogP contribution in [-0.2, 0) is 4.79 Å². The molecule has 0 heterocycles. The largest absolute Gasteiger partial charge is 0.492 e. The third-order valence-electron chi connectivity index (χ3n) is 3.58. The summed E-state index contributed by atoms with van der Waals surface area (Å²) in [4.78, 5) is 12.3. The second-order valence-electron chi connectivity index (χ2n) is 5.19. The van der Waals surface area contributed by atoms with E-state index in [1.165, 1.54) is 0 Å². The minimum atomic E-state index is 0.00667. The molecule has 4 nitrogen and oxygen atoms in total. The first kappa shape index (κ1) is 15.3. The molecule has 1 amide bonds. The summed E-state index contributed by atoms with van der Waals surface area (Å²) in [5.41, 5.74) is 6.66. The number of hydrogen-bond donors (Lipinski definition) is 2. The van der Waals surface area contributed by atoms with Crippen LogP contribution in [0.2, 0.25) is 0 Å². The fourth-order valence-electron chi connectivity index (χ4n) is 2.58. The number of halogens is 1. The molecule has 2 atom stereocenters. The van der Waals surface area contributed by atoms with E-state index in [9.17, 15) is 4.79 Å². The Morgan fingerprint density at radius 3 is 3.00 bits per heavy atom. The van der Waals surface area contributed by atoms with Crippen LogP contribution in [0, 0.1) is 5.92 Å². The minimum Gasteiger partial charge on any atom is -0.492 e. The van der Waals surface area contributed by atoms with Crippen LogP contribution in [0.1, 0.15) is 32.6 Å². The van der Waals surface area contributed by atoms with Gasteiger partial charge in [0, 0.05) is 16.4 Å². The molecule has 0 saturated heterocycles. The Balaban J connectivity index is 2.08. The first-order valence-electron chi connectivity index (χ1n) is 7.09. The number of carbonyl (C=O) groups is 1. The Hall–Kier alpha value is -1.07. The van der Waals surface area contributed by atoms with Crippen LogP contribution in [0.25, 0.3) is 0 Å². The van der Waals surface area contributed by atoms with E-state index in [4.69, 9.17) is 10.5 Å². The molecule has 1 fully saturated rings. The van der Waals surface area contributed by atoms with Gasteiger partial charge in [0.15, 0.2) is 0 Å². The fraction of sp³-hybridized carbons (Fsp3) is 0.533. The molecule has 0 aliphatic heterocycles. The van der Waals surface area contributed by atoms with Gasteiger partial charge >= 0.3 is 0 Å². The van der Waals surface area contributed by atoms with E-state index in [1.54, 1.807) is 0 Å². The number of nitrogens with two attached hydrogens (primary N) is 1. The van der Waals surface area contributed by atoms with Crippen molar-refractivity contribution in [1.82, 2.24) is 0 Å². The number of ether oxygens (including phenoxy) is 1. The van der Waals surface area contributed by atoms with Crippen molar-refractivity contribution in [1.29, 1.82) is 0 Å². The van der Waals surface area contributed by atoms with Crippen LogP contribution >= 0.6 is 15.9 Å². The van der Waals surface area contributed by atoms with E-state index in [1.807, 2.05) is 25.1 Å². The Kier molecular flexibility index (Phi) is 5.43. The van der Waals surface area contributed by atoms with Gasteiger partial charge in [0.25, 0.3) is 0 Å². The lowest BCUT2D eigenvalue weighted by molar-refractivity contribution is -0.120. The molecule has 1 saturated carbocycles. The molecule has 2 unspecified atom stereocenters. The Bertz CT molecular complexity index is 479. The molecule has 1 aliphatic rings. The van der Waals surface area contributed by atoms with Gasteiger partial charge in [0.05, 0.1) is 12.3 Å². The first-order valence-corrected chi connectivity index (χ1v) is 7.88. The van der Waals surface area contributed by atoms with Crippen LogP contribution in [0.3, 0.4) is 0 Å². The Morgan fingerprint density at radius 2 is 2.30 bits per heavy atom. The summed E-state index contributed by atoms with van der Waals surface area (Å²) in [5.74, 6) is 0.746. The lowest BCUT2D eigenvalue weighted by Crippen LogP contribution is -2.34. The molecule has 1 aromatic rings. The summed E-state index contributed by atoms with van der Waals surface area (Å²) in [6.07, 6.45) is 3.72. The molecule has 3 N–H and O–H groups in total. The number of hydrogen-bond acceptors (Lipinski definition) is 3. The molecule has 0 radical (unpaired) electrons. The Labute approximate surface area is 128 Å². The highest BCUT2D eigenvalue weighted by molar-refractivity contribution is 9.10. The number of benzene rings is 1. The van der Waals surface area contributed by atoms with Gasteiger partial charge in [-0.15, -0.1) is 0 Å². The summed E-state index contributed by atoms with van der Waals surface area (Å²) in [5, 5.41) is 2.98. The average molecular weight is 341 g/mol. The second-order valence-corrected chi connectivity index (χ2v) is 6.10. The summed E-state index contributed by atoms with van der Waals surface area (Å²) in [6, 6.07) is 5.77. The molecular weight excluding hydrogens is 320 g/mol. The van der Waals surface area contributed by atoms with Gasteiger partial charge in [0.1, 0.15) is 5.75 Å². The van der Waals surface area contributed by atoms with Crippen molar-refractivity contribution in [3.63, 3.8) is 0 Å². The molecule has 5 heteroatoms. The zero-order valence-electron chi connectivity index (χ0n) is 11.7. The zero-order chi connectivity index (χ0) is 14.5. The average Bonchev–Trinajstić information content (AvgIpc) is 2.42. The lowest BCUT2D eigenvalue weighted by atomic mass is 9.85. The highest BCUT2D eigenvalue weighted by Gasteiger charge is 2.25. The lowest BCUT2D eigenvalue weighted by Gasteiger charge is -2.26. The van der Waals surface area contributed by atoms with Crippen LogP contribution < -0.4 is 15.8 Å². The van der Waals surface area contributed by atoms with Gasteiger partial charge in [-0.25, -0.2) is 0 Å². The van der Waals surface area contributed by atoms with Crippen molar-refractivity contribution in [3.8, 4) is 5.75 Å². The van der Waals surface area contributed by atoms with Crippen molar-refractivity contribution < 1.29 is 9.53 Å². The van der Waals surface area contributed by atoms with Crippen LogP contribution in [0.5, 0.6) is 5.75 Å². The molecule has 1 aromatic carbocycles. The first-order chi connectivity index (χ1) is 9.60. The maximum Gasteiger partial charge on any atom is 0.227 e. The predicted octanol–water partition coefficient (Wildman–Crippen LogP) is 3.30. The van der Waals surface area contributed by atoms with Crippen molar-refractivity contribution in [2.24, 2.45) is 11.7 Å². The predicted molar refractivity (Wildman–Crippen MR) is 83.9 cm³/mol. The van der Waals surface area contributed by atoms with E-state index in [0.29, 0.717) is 18.0 Å². The number of carbonyl (C=O) groups excluding carboxylic acids is 1. The van der Waals surface area contributed by atoms with E-state index < -0.39 is 0 Å². The van der Waals surface area contributed by atoms with Crippen molar-refractivity contribution in [3.05, 3.63) is 22.7 Å². The minimum absolute atomic E-state index is 0.00667. The number of rotatable bonds is 4. The molecule has 110 valence electrons. The van der Waals surface area contributed by atoms with E-state index in [0.717, 1.165) is 30.2 Å². The van der Waals surface area contributed by atoms with E-state index in [2.05, 4.69) is 21.2 Å².